The summed E-state index contributed by atoms with van der Waals surface area (Å²) in [6.45, 7) is 24.3. The van der Waals surface area contributed by atoms with E-state index in [0.29, 0.717) is 0 Å². The van der Waals surface area contributed by atoms with Gasteiger partial charge in [-0.15, -0.1) is 0 Å². The van der Waals surface area contributed by atoms with Gasteiger partial charge in [-0.2, -0.15) is 10.2 Å². The van der Waals surface area contributed by atoms with Crippen LogP contribution in [0.15, 0.2) is 24.8 Å². The summed E-state index contributed by atoms with van der Waals surface area (Å²) in [5.74, 6) is 0. The van der Waals surface area contributed by atoms with Gasteiger partial charge in [-0.25, -0.2) is 0 Å². The maximum atomic E-state index is 6.05. The maximum Gasteiger partial charge on any atom is 0.498 e. The van der Waals surface area contributed by atoms with Crippen molar-refractivity contribution in [1.82, 2.24) is 24.5 Å². The highest BCUT2D eigenvalue weighted by molar-refractivity contribution is 6.62. The smallest absolute Gasteiger partial charge is 0.399 e. The molecule has 0 bridgehead atoms. The van der Waals surface area contributed by atoms with Crippen LogP contribution in [-0.2, 0) is 31.7 Å². The second-order valence-corrected chi connectivity index (χ2v) is 13.2. The van der Waals surface area contributed by atoms with Gasteiger partial charge in [0, 0.05) is 48.8 Å². The normalized spacial score (nSPS) is 23.0. The molecule has 3 aliphatic heterocycles. The first-order valence-corrected chi connectivity index (χ1v) is 14.7. The van der Waals surface area contributed by atoms with E-state index in [4.69, 9.17) is 18.6 Å². The van der Waals surface area contributed by atoms with Crippen LogP contribution in [0.5, 0.6) is 0 Å². The zero-order chi connectivity index (χ0) is 28.5. The molecule has 3 aliphatic rings. The Balaban J connectivity index is 0.000000183. The van der Waals surface area contributed by atoms with E-state index in [2.05, 4.69) is 83.6 Å². The van der Waals surface area contributed by atoms with Gasteiger partial charge in [-0.05, 0) is 94.3 Å². The second-order valence-electron chi connectivity index (χ2n) is 13.2. The van der Waals surface area contributed by atoms with E-state index in [1.807, 2.05) is 28.0 Å². The predicted molar refractivity (Wildman–Crippen MR) is 156 cm³/mol. The Hall–Kier alpha value is -1.65. The van der Waals surface area contributed by atoms with Crippen LogP contribution in [0.4, 0.5) is 0 Å². The van der Waals surface area contributed by atoms with Crippen molar-refractivity contribution in [2.24, 2.45) is 0 Å². The van der Waals surface area contributed by atoms with Gasteiger partial charge in [0.05, 0.1) is 22.4 Å². The van der Waals surface area contributed by atoms with Crippen molar-refractivity contribution in [1.29, 1.82) is 0 Å². The maximum absolute atomic E-state index is 6.05. The molecule has 5 heterocycles. The molecule has 0 aromatic carbocycles. The molecule has 39 heavy (non-hydrogen) atoms. The molecule has 5 rings (SSSR count). The second kappa shape index (κ2) is 11.7. The van der Waals surface area contributed by atoms with Crippen LogP contribution in [0.25, 0.3) is 0 Å². The third kappa shape index (κ3) is 6.99. The van der Waals surface area contributed by atoms with Crippen molar-refractivity contribution in [2.45, 2.75) is 123 Å². The molecule has 0 saturated carbocycles. The first kappa shape index (κ1) is 30.3. The van der Waals surface area contributed by atoms with E-state index in [1.165, 1.54) is 32.5 Å². The van der Waals surface area contributed by atoms with Gasteiger partial charge in [0.1, 0.15) is 0 Å². The molecule has 0 N–H and O–H groups in total. The molecule has 9 nitrogen and oxygen atoms in total. The molecule has 216 valence electrons. The highest BCUT2D eigenvalue weighted by atomic mass is 16.7. The molecule has 3 saturated heterocycles. The fraction of sp³-hybridized carbons (Fsp3) is 0.786. The molecule has 2 aromatic rings. The molecule has 0 atom stereocenters. The average Bonchev–Trinajstić information content (AvgIpc) is 3.55. The molecule has 11 heteroatoms. The monoisotopic (exact) mass is 541 g/mol. The van der Waals surface area contributed by atoms with Crippen LogP contribution in [0.3, 0.4) is 0 Å². The van der Waals surface area contributed by atoms with E-state index < -0.39 is 0 Å². The summed E-state index contributed by atoms with van der Waals surface area (Å²) >= 11 is 0. The Morgan fingerprint density at radius 2 is 1.08 bits per heavy atom. The van der Waals surface area contributed by atoms with Crippen molar-refractivity contribution < 1.29 is 18.6 Å². The summed E-state index contributed by atoms with van der Waals surface area (Å²) in [6, 6.07) is 0. The minimum Gasteiger partial charge on any atom is -0.399 e. The van der Waals surface area contributed by atoms with Gasteiger partial charge in [0.2, 0.25) is 0 Å². The van der Waals surface area contributed by atoms with Crippen LogP contribution in [0, 0.1) is 0 Å². The van der Waals surface area contributed by atoms with Gasteiger partial charge in [0.15, 0.2) is 0 Å². The highest BCUT2D eigenvalue weighted by Crippen LogP contribution is 2.37. The Morgan fingerprint density at radius 3 is 1.44 bits per heavy atom. The topological polar surface area (TPSA) is 75.8 Å². The molecular weight excluding hydrogens is 492 g/mol. The number of nitrogens with zero attached hydrogens (tertiary/aromatic N) is 5. The van der Waals surface area contributed by atoms with Gasteiger partial charge in [-0.1, -0.05) is 13.3 Å². The standard InChI is InChI=1S/C15H26BN3O2.C13H23BN2O2/c1-14(2)15(3,4)21-16(20-14)13-11-17-19(12-13)10-6-9-18-7-5-8-18;1-6-7-8-16-10-11(9-15-16)14-17-12(2,3)13(4,5)18-14/h11-12H,5-10H2,1-4H3;9-10H,6-8H2,1-5H3. The van der Waals surface area contributed by atoms with Crippen molar-refractivity contribution in [2.75, 3.05) is 19.6 Å². The van der Waals surface area contributed by atoms with Gasteiger partial charge < -0.3 is 23.5 Å². The third-order valence-electron chi connectivity index (χ3n) is 8.91. The lowest BCUT2D eigenvalue weighted by atomic mass is 9.82. The number of hydrogen-bond donors (Lipinski definition) is 0. The minimum absolute atomic E-state index is 0.289. The van der Waals surface area contributed by atoms with E-state index in [9.17, 15) is 0 Å². The lowest BCUT2D eigenvalue weighted by Crippen LogP contribution is -2.41. The number of rotatable bonds is 9. The third-order valence-corrected chi connectivity index (χ3v) is 8.91. The van der Waals surface area contributed by atoms with Gasteiger partial charge >= 0.3 is 14.2 Å². The molecular formula is C28H49B2N5O4. The SMILES string of the molecule is CC1(C)OB(c2cnn(CCCN3CCC3)c2)OC1(C)C.CCCCn1cc(B2OC(C)(C)C(C)(C)O2)cn1. The molecule has 0 aliphatic carbocycles. The van der Waals surface area contributed by atoms with Crippen LogP contribution in [0.1, 0.15) is 88.0 Å². The van der Waals surface area contributed by atoms with Gasteiger partial charge in [0.25, 0.3) is 0 Å². The van der Waals surface area contributed by atoms with Crippen LogP contribution < -0.4 is 10.9 Å². The fourth-order valence-electron chi connectivity index (χ4n) is 4.59. The highest BCUT2D eigenvalue weighted by Gasteiger charge is 2.53. The van der Waals surface area contributed by atoms with Crippen LogP contribution in [0.2, 0.25) is 0 Å². The Labute approximate surface area is 236 Å². The quantitative estimate of drug-likeness (QED) is 0.452. The molecule has 0 radical (unpaired) electrons. The fourth-order valence-corrected chi connectivity index (χ4v) is 4.59. The Bertz CT molecular complexity index is 1050. The Morgan fingerprint density at radius 1 is 0.667 bits per heavy atom. The van der Waals surface area contributed by atoms with E-state index in [1.54, 1.807) is 0 Å². The summed E-state index contributed by atoms with van der Waals surface area (Å²) < 4.78 is 28.0. The first-order chi connectivity index (χ1) is 18.2. The van der Waals surface area contributed by atoms with E-state index >= 15 is 0 Å². The summed E-state index contributed by atoms with van der Waals surface area (Å²) in [6.07, 6.45) is 12.6. The lowest BCUT2D eigenvalue weighted by Gasteiger charge is -2.32. The van der Waals surface area contributed by atoms with Crippen molar-refractivity contribution >= 4 is 25.2 Å². The Kier molecular flexibility index (Phi) is 9.08. The van der Waals surface area contributed by atoms with Crippen molar-refractivity contribution in [3.05, 3.63) is 24.8 Å². The number of aromatic nitrogens is 4. The summed E-state index contributed by atoms with van der Waals surface area (Å²) in [5.41, 5.74) is 0.850. The molecule has 3 fully saturated rings. The zero-order valence-corrected chi connectivity index (χ0v) is 25.7. The van der Waals surface area contributed by atoms with Crippen LogP contribution in [-0.4, -0.2) is 80.7 Å². The predicted octanol–water partition coefficient (Wildman–Crippen LogP) is 3.26. The summed E-state index contributed by atoms with van der Waals surface area (Å²) in [4.78, 5) is 2.48. The molecule has 0 amide bonds. The zero-order valence-electron chi connectivity index (χ0n) is 25.7. The number of aryl methyl sites for hydroxylation is 2. The molecule has 0 spiro atoms. The minimum atomic E-state index is -0.306. The van der Waals surface area contributed by atoms with Gasteiger partial charge in [-0.3, -0.25) is 9.36 Å². The molecule has 2 aromatic heterocycles. The number of unbranched alkanes of at least 4 members (excludes halogenated alkanes) is 1. The number of hydrogen-bond acceptors (Lipinski definition) is 7. The first-order valence-electron chi connectivity index (χ1n) is 14.7. The summed E-state index contributed by atoms with van der Waals surface area (Å²) in [7, 11) is -0.607. The summed E-state index contributed by atoms with van der Waals surface area (Å²) in [5, 5.41) is 8.79. The number of likely N-dealkylation sites (tertiary alicyclic amines) is 1. The molecule has 0 unspecified atom stereocenters. The average molecular weight is 541 g/mol. The van der Waals surface area contributed by atoms with Crippen molar-refractivity contribution in [3.8, 4) is 0 Å². The largest absolute Gasteiger partial charge is 0.498 e. The van der Waals surface area contributed by atoms with E-state index in [-0.39, 0.29) is 36.6 Å². The van der Waals surface area contributed by atoms with E-state index in [0.717, 1.165) is 36.9 Å². The van der Waals surface area contributed by atoms with Crippen LogP contribution >= 0.6 is 0 Å². The lowest BCUT2D eigenvalue weighted by molar-refractivity contribution is 0.00578. The van der Waals surface area contributed by atoms with Crippen molar-refractivity contribution in [3.63, 3.8) is 0 Å².